The van der Waals surface area contributed by atoms with Gasteiger partial charge in [0.25, 0.3) is 11.8 Å². The van der Waals surface area contributed by atoms with Crippen LogP contribution in [0.3, 0.4) is 0 Å². The molecule has 0 spiro atoms. The number of amides is 2. The number of rotatable bonds is 3. The SMILES string of the molecule is O=C1c2cccc(Br)c2C(=O)N1CCC1CCCCN1. The number of nitrogens with zero attached hydrogens (tertiary/aromatic N) is 1. The highest BCUT2D eigenvalue weighted by molar-refractivity contribution is 9.10. The van der Waals surface area contributed by atoms with Crippen molar-refractivity contribution < 1.29 is 9.59 Å². The topological polar surface area (TPSA) is 49.4 Å². The molecule has 1 aromatic carbocycles. The number of carbonyl (C=O) groups is 2. The molecule has 1 atom stereocenters. The van der Waals surface area contributed by atoms with Gasteiger partial charge < -0.3 is 5.32 Å². The molecule has 2 amide bonds. The fraction of sp³-hybridized carbons (Fsp3) is 0.467. The minimum Gasteiger partial charge on any atom is -0.314 e. The molecule has 3 rings (SSSR count). The second-order valence-corrected chi connectivity index (χ2v) is 6.21. The van der Waals surface area contributed by atoms with Crippen LogP contribution in [0.15, 0.2) is 22.7 Å². The minimum atomic E-state index is -0.173. The third-order valence-electron chi connectivity index (χ3n) is 4.06. The predicted molar refractivity (Wildman–Crippen MR) is 79.8 cm³/mol. The van der Waals surface area contributed by atoms with Crippen LogP contribution in [-0.4, -0.2) is 35.8 Å². The van der Waals surface area contributed by atoms with Gasteiger partial charge in [-0.15, -0.1) is 0 Å². The van der Waals surface area contributed by atoms with Gasteiger partial charge in [-0.25, -0.2) is 0 Å². The maximum Gasteiger partial charge on any atom is 0.262 e. The number of imide groups is 1. The lowest BCUT2D eigenvalue weighted by atomic mass is 10.0. The zero-order valence-electron chi connectivity index (χ0n) is 11.2. The molecule has 0 saturated carbocycles. The average molecular weight is 337 g/mol. The largest absolute Gasteiger partial charge is 0.314 e. The van der Waals surface area contributed by atoms with E-state index in [1.807, 2.05) is 0 Å². The van der Waals surface area contributed by atoms with E-state index in [1.165, 1.54) is 17.7 Å². The van der Waals surface area contributed by atoms with Crippen LogP contribution in [0, 0.1) is 0 Å². The van der Waals surface area contributed by atoms with Crippen LogP contribution in [-0.2, 0) is 0 Å². The summed E-state index contributed by atoms with van der Waals surface area (Å²) in [7, 11) is 0. The zero-order valence-corrected chi connectivity index (χ0v) is 12.8. The van der Waals surface area contributed by atoms with E-state index in [2.05, 4.69) is 21.2 Å². The highest BCUT2D eigenvalue weighted by Gasteiger charge is 2.36. The standard InChI is InChI=1S/C15H17BrN2O2/c16-12-6-3-5-11-13(12)15(20)18(14(11)19)9-7-10-4-1-2-8-17-10/h3,5-6,10,17H,1-2,4,7-9H2. The number of hydrogen-bond acceptors (Lipinski definition) is 3. The average Bonchev–Trinajstić information content (AvgIpc) is 2.71. The summed E-state index contributed by atoms with van der Waals surface area (Å²) in [6.07, 6.45) is 4.41. The van der Waals surface area contributed by atoms with Crippen molar-refractivity contribution in [1.29, 1.82) is 0 Å². The van der Waals surface area contributed by atoms with Crippen LogP contribution in [0.2, 0.25) is 0 Å². The van der Waals surface area contributed by atoms with Gasteiger partial charge in [0.15, 0.2) is 0 Å². The second-order valence-electron chi connectivity index (χ2n) is 5.36. The Morgan fingerprint density at radius 1 is 1.25 bits per heavy atom. The van der Waals surface area contributed by atoms with Gasteiger partial charge in [0.05, 0.1) is 11.1 Å². The normalized spacial score (nSPS) is 22.2. The molecule has 0 radical (unpaired) electrons. The molecule has 0 bridgehead atoms. The Kier molecular flexibility index (Phi) is 3.89. The van der Waals surface area contributed by atoms with Gasteiger partial charge in [-0.05, 0) is 53.9 Å². The van der Waals surface area contributed by atoms with Gasteiger partial charge in [-0.1, -0.05) is 12.5 Å². The van der Waals surface area contributed by atoms with Crippen molar-refractivity contribution in [2.75, 3.05) is 13.1 Å². The fourth-order valence-corrected chi connectivity index (χ4v) is 3.49. The summed E-state index contributed by atoms with van der Waals surface area (Å²) in [6, 6.07) is 5.74. The summed E-state index contributed by atoms with van der Waals surface area (Å²) in [6.45, 7) is 1.54. The van der Waals surface area contributed by atoms with Crippen LogP contribution in [0.25, 0.3) is 0 Å². The first-order valence-corrected chi connectivity index (χ1v) is 7.86. The second kappa shape index (κ2) is 5.66. The molecule has 1 aromatic rings. The molecule has 5 heteroatoms. The quantitative estimate of drug-likeness (QED) is 0.863. The number of nitrogens with one attached hydrogen (secondary N) is 1. The van der Waals surface area contributed by atoms with E-state index in [1.54, 1.807) is 18.2 Å². The third-order valence-corrected chi connectivity index (χ3v) is 4.72. The fourth-order valence-electron chi connectivity index (χ4n) is 2.95. The first kappa shape index (κ1) is 13.8. The first-order chi connectivity index (χ1) is 9.68. The Labute approximate surface area is 126 Å². The molecule has 2 heterocycles. The van der Waals surface area contributed by atoms with Gasteiger partial charge in [0, 0.05) is 17.1 Å². The van der Waals surface area contributed by atoms with Gasteiger partial charge in [0.1, 0.15) is 0 Å². The van der Waals surface area contributed by atoms with Crippen molar-refractivity contribution >= 4 is 27.7 Å². The van der Waals surface area contributed by atoms with Gasteiger partial charge in [-0.2, -0.15) is 0 Å². The van der Waals surface area contributed by atoms with Crippen molar-refractivity contribution in [3.05, 3.63) is 33.8 Å². The number of benzene rings is 1. The summed E-state index contributed by atoms with van der Waals surface area (Å²) < 4.78 is 0.701. The van der Waals surface area contributed by atoms with Crippen LogP contribution < -0.4 is 5.32 Å². The van der Waals surface area contributed by atoms with E-state index >= 15 is 0 Å². The molecule has 106 valence electrons. The maximum absolute atomic E-state index is 12.4. The molecule has 20 heavy (non-hydrogen) atoms. The van der Waals surface area contributed by atoms with Crippen molar-refractivity contribution in [2.24, 2.45) is 0 Å². The molecule has 1 unspecified atom stereocenters. The Balaban J connectivity index is 1.71. The summed E-state index contributed by atoms with van der Waals surface area (Å²) in [5.41, 5.74) is 1.02. The van der Waals surface area contributed by atoms with E-state index in [0.717, 1.165) is 19.4 Å². The molecular formula is C15H17BrN2O2. The number of piperidine rings is 1. The molecular weight excluding hydrogens is 320 g/mol. The van der Waals surface area contributed by atoms with E-state index in [0.29, 0.717) is 28.2 Å². The Morgan fingerprint density at radius 3 is 2.80 bits per heavy atom. The third kappa shape index (κ3) is 2.40. The Bertz CT molecular complexity index is 553. The Morgan fingerprint density at radius 2 is 2.10 bits per heavy atom. The summed E-state index contributed by atoms with van der Waals surface area (Å²) in [5.74, 6) is -0.338. The highest BCUT2D eigenvalue weighted by Crippen LogP contribution is 2.29. The molecule has 4 nitrogen and oxygen atoms in total. The van der Waals surface area contributed by atoms with Gasteiger partial charge in [-0.3, -0.25) is 14.5 Å². The van der Waals surface area contributed by atoms with Crippen LogP contribution in [0.5, 0.6) is 0 Å². The van der Waals surface area contributed by atoms with Crippen molar-refractivity contribution in [3.8, 4) is 0 Å². The number of hydrogen-bond donors (Lipinski definition) is 1. The van der Waals surface area contributed by atoms with E-state index in [4.69, 9.17) is 0 Å². The van der Waals surface area contributed by atoms with Crippen molar-refractivity contribution in [3.63, 3.8) is 0 Å². The molecule has 2 aliphatic heterocycles. The highest BCUT2D eigenvalue weighted by atomic mass is 79.9. The van der Waals surface area contributed by atoms with Gasteiger partial charge >= 0.3 is 0 Å². The lowest BCUT2D eigenvalue weighted by Gasteiger charge is -2.25. The number of carbonyl (C=O) groups excluding carboxylic acids is 2. The number of fused-ring (bicyclic) bond motifs is 1. The van der Waals surface area contributed by atoms with Crippen molar-refractivity contribution in [1.82, 2.24) is 10.2 Å². The predicted octanol–water partition coefficient (Wildman–Crippen LogP) is 2.58. The monoisotopic (exact) mass is 336 g/mol. The summed E-state index contributed by atoms with van der Waals surface area (Å²) in [5, 5.41) is 3.45. The van der Waals surface area contributed by atoms with Crippen LogP contribution >= 0.6 is 15.9 Å². The molecule has 0 aromatic heterocycles. The van der Waals surface area contributed by atoms with E-state index in [9.17, 15) is 9.59 Å². The van der Waals surface area contributed by atoms with Crippen LogP contribution in [0.1, 0.15) is 46.4 Å². The molecule has 1 fully saturated rings. The Hall–Kier alpha value is -1.20. The van der Waals surface area contributed by atoms with Crippen LogP contribution in [0.4, 0.5) is 0 Å². The smallest absolute Gasteiger partial charge is 0.262 e. The summed E-state index contributed by atoms with van der Waals surface area (Å²) >= 11 is 3.36. The van der Waals surface area contributed by atoms with Crippen molar-refractivity contribution in [2.45, 2.75) is 31.7 Å². The van der Waals surface area contributed by atoms with E-state index < -0.39 is 0 Å². The van der Waals surface area contributed by atoms with E-state index in [-0.39, 0.29) is 11.8 Å². The molecule has 1 saturated heterocycles. The number of halogens is 1. The lowest BCUT2D eigenvalue weighted by Crippen LogP contribution is -2.39. The molecule has 2 aliphatic rings. The van der Waals surface area contributed by atoms with Gasteiger partial charge in [0.2, 0.25) is 0 Å². The molecule has 1 N–H and O–H groups in total. The molecule has 0 aliphatic carbocycles. The lowest BCUT2D eigenvalue weighted by molar-refractivity contribution is 0.0646. The zero-order chi connectivity index (χ0) is 14.1. The maximum atomic E-state index is 12.4. The summed E-state index contributed by atoms with van der Waals surface area (Å²) in [4.78, 5) is 26.0. The first-order valence-electron chi connectivity index (χ1n) is 7.06. The minimum absolute atomic E-state index is 0.165.